The predicted octanol–water partition coefficient (Wildman–Crippen LogP) is 4.69. The Kier molecular flexibility index (Phi) is 6.53. The molecule has 1 saturated heterocycles. The van der Waals surface area contributed by atoms with Gasteiger partial charge in [0.15, 0.2) is 0 Å². The van der Waals surface area contributed by atoms with E-state index in [-0.39, 0.29) is 18.2 Å². The lowest BCUT2D eigenvalue weighted by molar-refractivity contribution is -0.129. The molecular weight excluding hydrogens is 494 g/mol. The Morgan fingerprint density at radius 2 is 1.88 bits per heavy atom. The third-order valence-corrected chi connectivity index (χ3v) is 7.24. The number of allylic oxidation sites excluding steroid dienone is 1. The highest BCUT2D eigenvalue weighted by Gasteiger charge is 2.39. The molecule has 2 heterocycles. The van der Waals surface area contributed by atoms with Crippen molar-refractivity contribution < 1.29 is 19.0 Å². The summed E-state index contributed by atoms with van der Waals surface area (Å²) in [7, 11) is 4.81. The summed E-state index contributed by atoms with van der Waals surface area (Å²) in [6, 6.07) is 13.6. The molecule has 2 aromatic carbocycles. The average molecular weight is 516 g/mol. The van der Waals surface area contributed by atoms with Crippen molar-refractivity contribution >= 4 is 39.3 Å². The van der Waals surface area contributed by atoms with Gasteiger partial charge in [0.2, 0.25) is 5.91 Å². The minimum absolute atomic E-state index is 0.0318. The summed E-state index contributed by atoms with van der Waals surface area (Å²) in [6.07, 6.45) is 0.202. The Morgan fingerprint density at radius 3 is 2.56 bits per heavy atom. The predicted molar refractivity (Wildman–Crippen MR) is 127 cm³/mol. The van der Waals surface area contributed by atoms with E-state index in [0.717, 1.165) is 15.7 Å². The minimum Gasteiger partial charge on any atom is -0.497 e. The lowest BCUT2D eigenvalue weighted by Gasteiger charge is -2.42. The van der Waals surface area contributed by atoms with Crippen molar-refractivity contribution in [2.75, 3.05) is 38.8 Å². The lowest BCUT2D eigenvalue weighted by atomic mass is 9.86. The van der Waals surface area contributed by atoms with Gasteiger partial charge in [0.1, 0.15) is 17.2 Å². The van der Waals surface area contributed by atoms with Gasteiger partial charge in [-0.15, -0.1) is 0 Å². The second-order valence-electron chi connectivity index (χ2n) is 7.29. The number of thioether (sulfide) groups is 1. The molecule has 0 spiro atoms. The zero-order chi connectivity index (χ0) is 22.8. The molecule has 0 bridgehead atoms. The second-order valence-corrected chi connectivity index (χ2v) is 9.14. The van der Waals surface area contributed by atoms with Crippen molar-refractivity contribution in [1.82, 2.24) is 4.90 Å². The number of amides is 1. The molecule has 0 aromatic heterocycles. The number of rotatable bonds is 5. The quantitative estimate of drug-likeness (QED) is 0.571. The first kappa shape index (κ1) is 22.4. The van der Waals surface area contributed by atoms with Gasteiger partial charge in [0.25, 0.3) is 0 Å². The highest BCUT2D eigenvalue weighted by atomic mass is 79.9. The van der Waals surface area contributed by atoms with Crippen LogP contribution >= 0.6 is 27.7 Å². The fraction of sp³-hybridized carbons (Fsp3) is 0.304. The first-order valence-corrected chi connectivity index (χ1v) is 11.7. The maximum atomic E-state index is 13.2. The van der Waals surface area contributed by atoms with Crippen LogP contribution in [0.2, 0.25) is 0 Å². The molecule has 1 unspecified atom stereocenters. The molecule has 1 amide bonds. The minimum atomic E-state index is -0.347. The van der Waals surface area contributed by atoms with E-state index in [1.165, 1.54) is 11.8 Å². The van der Waals surface area contributed by atoms with E-state index in [2.05, 4.69) is 26.9 Å². The molecule has 4 rings (SSSR count). The molecule has 166 valence electrons. The fourth-order valence-corrected chi connectivity index (χ4v) is 5.54. The Labute approximate surface area is 199 Å². The summed E-state index contributed by atoms with van der Waals surface area (Å²) >= 11 is 4.97. The van der Waals surface area contributed by atoms with Gasteiger partial charge in [-0.2, -0.15) is 5.26 Å². The molecule has 1 fully saturated rings. The van der Waals surface area contributed by atoms with Crippen LogP contribution in [0.4, 0.5) is 5.69 Å². The number of fused-ring (bicyclic) bond motifs is 1. The van der Waals surface area contributed by atoms with E-state index in [0.29, 0.717) is 40.4 Å². The summed E-state index contributed by atoms with van der Waals surface area (Å²) in [5, 5.41) is 10.8. The average Bonchev–Trinajstić information content (AvgIpc) is 2.83. The van der Waals surface area contributed by atoms with Crippen molar-refractivity contribution in [3.8, 4) is 23.3 Å². The van der Waals surface area contributed by atoms with Crippen molar-refractivity contribution in [3.63, 3.8) is 0 Å². The molecule has 2 aromatic rings. The van der Waals surface area contributed by atoms with Gasteiger partial charge in [-0.1, -0.05) is 27.7 Å². The Hall–Kier alpha value is -2.83. The van der Waals surface area contributed by atoms with E-state index in [9.17, 15) is 10.1 Å². The Morgan fingerprint density at radius 1 is 1.09 bits per heavy atom. The Balaban J connectivity index is 1.69. The van der Waals surface area contributed by atoms with Crippen LogP contribution in [0.1, 0.15) is 17.9 Å². The topological polar surface area (TPSA) is 75.0 Å². The number of methoxy groups -OCH3 is 3. The summed E-state index contributed by atoms with van der Waals surface area (Å²) in [4.78, 5) is 17.0. The molecule has 32 heavy (non-hydrogen) atoms. The van der Waals surface area contributed by atoms with E-state index in [1.54, 1.807) is 26.2 Å². The van der Waals surface area contributed by atoms with Crippen LogP contribution in [0.25, 0.3) is 0 Å². The number of anilines is 1. The van der Waals surface area contributed by atoms with Crippen LogP contribution in [0, 0.1) is 11.3 Å². The van der Waals surface area contributed by atoms with Gasteiger partial charge in [-0.05, 0) is 30.3 Å². The van der Waals surface area contributed by atoms with Gasteiger partial charge in [0.05, 0.1) is 56.2 Å². The SMILES string of the molecule is COc1ccc(N2CSC3=C(C#N)C(c4cc(Br)ccc4OC)CC(=O)N3C2)c(OC)c1. The molecule has 9 heteroatoms. The zero-order valence-electron chi connectivity index (χ0n) is 17.9. The van der Waals surface area contributed by atoms with E-state index >= 15 is 0 Å². The number of halogens is 1. The van der Waals surface area contributed by atoms with Crippen LogP contribution in [0.5, 0.6) is 17.2 Å². The number of hydrogen-bond acceptors (Lipinski definition) is 7. The van der Waals surface area contributed by atoms with Gasteiger partial charge >= 0.3 is 0 Å². The largest absolute Gasteiger partial charge is 0.497 e. The first-order valence-electron chi connectivity index (χ1n) is 9.88. The first-order chi connectivity index (χ1) is 15.5. The summed E-state index contributed by atoms with van der Waals surface area (Å²) in [5.74, 6) is 2.23. The molecule has 1 atom stereocenters. The molecule has 2 aliphatic heterocycles. The maximum Gasteiger partial charge on any atom is 0.229 e. The number of carbonyl (C=O) groups excluding carboxylic acids is 1. The molecule has 0 aliphatic carbocycles. The van der Waals surface area contributed by atoms with E-state index in [1.807, 2.05) is 36.4 Å². The second kappa shape index (κ2) is 9.35. The van der Waals surface area contributed by atoms with Crippen LogP contribution < -0.4 is 19.1 Å². The van der Waals surface area contributed by atoms with Crippen molar-refractivity contribution in [2.24, 2.45) is 0 Å². The molecule has 0 saturated carbocycles. The van der Waals surface area contributed by atoms with Crippen LogP contribution in [-0.4, -0.2) is 44.7 Å². The molecule has 0 N–H and O–H groups in total. The van der Waals surface area contributed by atoms with Gasteiger partial charge in [0, 0.05) is 28.4 Å². The van der Waals surface area contributed by atoms with Crippen LogP contribution in [-0.2, 0) is 4.79 Å². The maximum absolute atomic E-state index is 13.2. The summed E-state index contributed by atoms with van der Waals surface area (Å²) in [6.45, 7) is 0.345. The normalized spacial score (nSPS) is 18.2. The van der Waals surface area contributed by atoms with Crippen molar-refractivity contribution in [2.45, 2.75) is 12.3 Å². The number of nitriles is 1. The third kappa shape index (κ3) is 4.00. The zero-order valence-corrected chi connectivity index (χ0v) is 20.3. The highest BCUT2D eigenvalue weighted by Crippen LogP contribution is 2.46. The number of benzene rings is 2. The molecular formula is C23H22BrN3O4S. The lowest BCUT2D eigenvalue weighted by Crippen LogP contribution is -2.47. The van der Waals surface area contributed by atoms with E-state index in [4.69, 9.17) is 14.2 Å². The van der Waals surface area contributed by atoms with Crippen LogP contribution in [0.3, 0.4) is 0 Å². The number of nitrogens with zero attached hydrogens (tertiary/aromatic N) is 3. The van der Waals surface area contributed by atoms with Crippen LogP contribution in [0.15, 0.2) is 51.5 Å². The van der Waals surface area contributed by atoms with E-state index < -0.39 is 0 Å². The molecule has 0 radical (unpaired) electrons. The number of ether oxygens (including phenoxy) is 3. The van der Waals surface area contributed by atoms with Gasteiger partial charge in [-0.25, -0.2) is 0 Å². The number of carbonyl (C=O) groups is 1. The van der Waals surface area contributed by atoms with Crippen molar-refractivity contribution in [3.05, 3.63) is 57.0 Å². The highest BCUT2D eigenvalue weighted by molar-refractivity contribution is 9.10. The monoisotopic (exact) mass is 515 g/mol. The number of hydrogen-bond donors (Lipinski definition) is 0. The summed E-state index contributed by atoms with van der Waals surface area (Å²) < 4.78 is 17.2. The standard InChI is InChI=1S/C23H22BrN3O4S/c1-29-15-5-6-19(21(9-15)31-3)26-12-27-22(28)10-16(18(11-25)23(27)32-13-26)17-8-14(24)4-7-20(17)30-2/h4-9,16H,10,12-13H2,1-3H3. The summed E-state index contributed by atoms with van der Waals surface area (Å²) in [5.41, 5.74) is 2.29. The van der Waals surface area contributed by atoms with Gasteiger partial charge in [-0.3, -0.25) is 9.69 Å². The Bertz CT molecular complexity index is 1130. The van der Waals surface area contributed by atoms with Gasteiger partial charge < -0.3 is 19.1 Å². The molecule has 7 nitrogen and oxygen atoms in total. The van der Waals surface area contributed by atoms with Crippen molar-refractivity contribution in [1.29, 1.82) is 5.26 Å². The smallest absolute Gasteiger partial charge is 0.229 e. The third-order valence-electron chi connectivity index (χ3n) is 5.59. The molecule has 2 aliphatic rings. The fourth-order valence-electron chi connectivity index (χ4n) is 4.00.